The third-order valence-corrected chi connectivity index (χ3v) is 2.86. The van der Waals surface area contributed by atoms with Crippen molar-refractivity contribution in [2.24, 2.45) is 5.73 Å². The summed E-state index contributed by atoms with van der Waals surface area (Å²) in [5, 5.41) is 3.97. The summed E-state index contributed by atoms with van der Waals surface area (Å²) in [5.41, 5.74) is 7.57. The average Bonchev–Trinajstić information content (AvgIpc) is 2.85. The SMILES string of the molecule is CCCC(CN)c1nc(-c2cc(C)ccn2)no1. The molecule has 0 saturated heterocycles. The van der Waals surface area contributed by atoms with Gasteiger partial charge in [-0.25, -0.2) is 0 Å². The molecule has 0 fully saturated rings. The van der Waals surface area contributed by atoms with E-state index in [2.05, 4.69) is 22.0 Å². The highest BCUT2D eigenvalue weighted by Gasteiger charge is 2.17. The van der Waals surface area contributed by atoms with Gasteiger partial charge in [0.05, 0.1) is 5.92 Å². The molecular formula is C13H18N4O. The lowest BCUT2D eigenvalue weighted by molar-refractivity contribution is 0.347. The maximum absolute atomic E-state index is 5.72. The first-order valence-electron chi connectivity index (χ1n) is 6.21. The fourth-order valence-electron chi connectivity index (χ4n) is 1.85. The fourth-order valence-corrected chi connectivity index (χ4v) is 1.85. The van der Waals surface area contributed by atoms with Crippen LogP contribution in [0.15, 0.2) is 22.9 Å². The second-order valence-electron chi connectivity index (χ2n) is 4.40. The Hall–Kier alpha value is -1.75. The normalized spacial score (nSPS) is 12.6. The van der Waals surface area contributed by atoms with E-state index in [4.69, 9.17) is 10.3 Å². The van der Waals surface area contributed by atoms with Crippen molar-refractivity contribution in [2.75, 3.05) is 6.54 Å². The molecule has 0 spiro atoms. The minimum atomic E-state index is 0.140. The Morgan fingerprint density at radius 3 is 2.94 bits per heavy atom. The predicted octanol–water partition coefficient (Wildman–Crippen LogP) is 2.28. The molecule has 2 rings (SSSR count). The summed E-state index contributed by atoms with van der Waals surface area (Å²) in [5.74, 6) is 1.28. The molecule has 0 saturated carbocycles. The molecule has 96 valence electrons. The van der Waals surface area contributed by atoms with E-state index in [1.165, 1.54) is 0 Å². The monoisotopic (exact) mass is 246 g/mol. The molecule has 1 atom stereocenters. The Kier molecular flexibility index (Phi) is 4.04. The minimum absolute atomic E-state index is 0.140. The van der Waals surface area contributed by atoms with E-state index < -0.39 is 0 Å². The van der Waals surface area contributed by atoms with Gasteiger partial charge in [-0.15, -0.1) is 0 Å². The summed E-state index contributed by atoms with van der Waals surface area (Å²) < 4.78 is 5.28. The molecule has 2 aromatic rings. The van der Waals surface area contributed by atoms with E-state index in [1.807, 2.05) is 19.1 Å². The molecule has 0 aliphatic heterocycles. The second-order valence-corrected chi connectivity index (χ2v) is 4.40. The lowest BCUT2D eigenvalue weighted by Gasteiger charge is -2.06. The third-order valence-electron chi connectivity index (χ3n) is 2.86. The van der Waals surface area contributed by atoms with Gasteiger partial charge in [-0.05, 0) is 31.0 Å². The Balaban J connectivity index is 2.24. The van der Waals surface area contributed by atoms with Gasteiger partial charge in [0, 0.05) is 12.7 Å². The topological polar surface area (TPSA) is 77.8 Å². The smallest absolute Gasteiger partial charge is 0.231 e. The van der Waals surface area contributed by atoms with Crippen molar-refractivity contribution < 1.29 is 4.52 Å². The van der Waals surface area contributed by atoms with E-state index in [0.29, 0.717) is 18.3 Å². The summed E-state index contributed by atoms with van der Waals surface area (Å²) in [6.07, 6.45) is 3.74. The van der Waals surface area contributed by atoms with E-state index in [-0.39, 0.29) is 5.92 Å². The molecule has 0 aliphatic carbocycles. The number of aryl methyl sites for hydroxylation is 1. The summed E-state index contributed by atoms with van der Waals surface area (Å²) >= 11 is 0. The molecule has 1 unspecified atom stereocenters. The zero-order chi connectivity index (χ0) is 13.0. The number of pyridine rings is 1. The van der Waals surface area contributed by atoms with Gasteiger partial charge in [0.2, 0.25) is 11.7 Å². The summed E-state index contributed by atoms with van der Waals surface area (Å²) in [6.45, 7) is 4.64. The fraction of sp³-hybridized carbons (Fsp3) is 0.462. The van der Waals surface area contributed by atoms with Crippen molar-refractivity contribution >= 4 is 0 Å². The van der Waals surface area contributed by atoms with Crippen LogP contribution in [-0.2, 0) is 0 Å². The molecule has 0 bridgehead atoms. The van der Waals surface area contributed by atoms with Crippen molar-refractivity contribution in [3.63, 3.8) is 0 Å². The van der Waals surface area contributed by atoms with Gasteiger partial charge in [-0.1, -0.05) is 18.5 Å². The molecular weight excluding hydrogens is 228 g/mol. The first-order chi connectivity index (χ1) is 8.74. The highest BCUT2D eigenvalue weighted by molar-refractivity contribution is 5.48. The molecule has 0 aliphatic rings. The van der Waals surface area contributed by atoms with Crippen molar-refractivity contribution in [2.45, 2.75) is 32.6 Å². The van der Waals surface area contributed by atoms with Crippen LogP contribution < -0.4 is 5.73 Å². The molecule has 5 heteroatoms. The van der Waals surface area contributed by atoms with Crippen LogP contribution in [0.1, 0.15) is 37.1 Å². The van der Waals surface area contributed by atoms with E-state index in [1.54, 1.807) is 6.20 Å². The molecule has 2 heterocycles. The molecule has 0 aromatic carbocycles. The summed E-state index contributed by atoms with van der Waals surface area (Å²) in [6, 6.07) is 3.87. The molecule has 0 radical (unpaired) electrons. The highest BCUT2D eigenvalue weighted by atomic mass is 16.5. The van der Waals surface area contributed by atoms with Crippen LogP contribution in [0.3, 0.4) is 0 Å². The van der Waals surface area contributed by atoms with Crippen molar-refractivity contribution in [1.82, 2.24) is 15.1 Å². The maximum atomic E-state index is 5.72. The van der Waals surface area contributed by atoms with Gasteiger partial charge >= 0.3 is 0 Å². The zero-order valence-corrected chi connectivity index (χ0v) is 10.8. The van der Waals surface area contributed by atoms with Crippen LogP contribution in [0.25, 0.3) is 11.5 Å². The van der Waals surface area contributed by atoms with Crippen molar-refractivity contribution in [3.8, 4) is 11.5 Å². The zero-order valence-electron chi connectivity index (χ0n) is 10.8. The molecule has 2 aromatic heterocycles. The Labute approximate surface area is 106 Å². The number of nitrogens with zero attached hydrogens (tertiary/aromatic N) is 3. The number of nitrogens with two attached hydrogens (primary N) is 1. The van der Waals surface area contributed by atoms with E-state index in [9.17, 15) is 0 Å². The Morgan fingerprint density at radius 2 is 2.28 bits per heavy atom. The lowest BCUT2D eigenvalue weighted by Crippen LogP contribution is -2.12. The second kappa shape index (κ2) is 5.73. The minimum Gasteiger partial charge on any atom is -0.339 e. The van der Waals surface area contributed by atoms with Crippen LogP contribution in [-0.4, -0.2) is 21.7 Å². The van der Waals surface area contributed by atoms with Gasteiger partial charge in [0.25, 0.3) is 0 Å². The number of hydrogen-bond donors (Lipinski definition) is 1. The maximum Gasteiger partial charge on any atom is 0.231 e. The highest BCUT2D eigenvalue weighted by Crippen LogP contribution is 2.21. The first-order valence-corrected chi connectivity index (χ1v) is 6.21. The van der Waals surface area contributed by atoms with Crippen LogP contribution in [0.5, 0.6) is 0 Å². The third kappa shape index (κ3) is 2.73. The van der Waals surface area contributed by atoms with Gasteiger partial charge in [0.1, 0.15) is 5.69 Å². The Morgan fingerprint density at radius 1 is 1.44 bits per heavy atom. The quantitative estimate of drug-likeness (QED) is 0.875. The van der Waals surface area contributed by atoms with Crippen LogP contribution in [0.4, 0.5) is 0 Å². The van der Waals surface area contributed by atoms with Crippen molar-refractivity contribution in [1.29, 1.82) is 0 Å². The van der Waals surface area contributed by atoms with Gasteiger partial charge < -0.3 is 10.3 Å². The summed E-state index contributed by atoms with van der Waals surface area (Å²) in [4.78, 5) is 8.63. The molecule has 2 N–H and O–H groups in total. The summed E-state index contributed by atoms with van der Waals surface area (Å²) in [7, 11) is 0. The first kappa shape index (κ1) is 12.7. The van der Waals surface area contributed by atoms with E-state index in [0.717, 1.165) is 24.1 Å². The van der Waals surface area contributed by atoms with Crippen LogP contribution >= 0.6 is 0 Å². The van der Waals surface area contributed by atoms with Gasteiger partial charge in [0.15, 0.2) is 0 Å². The van der Waals surface area contributed by atoms with Crippen LogP contribution in [0, 0.1) is 6.92 Å². The standard InChI is InChI=1S/C13H18N4O/c1-3-4-10(8-14)13-16-12(17-18-13)11-7-9(2)5-6-15-11/h5-7,10H,3-4,8,14H2,1-2H3. The number of aromatic nitrogens is 3. The van der Waals surface area contributed by atoms with Crippen molar-refractivity contribution in [3.05, 3.63) is 29.8 Å². The molecule has 0 amide bonds. The van der Waals surface area contributed by atoms with E-state index >= 15 is 0 Å². The molecule has 18 heavy (non-hydrogen) atoms. The largest absolute Gasteiger partial charge is 0.339 e. The number of hydrogen-bond acceptors (Lipinski definition) is 5. The lowest BCUT2D eigenvalue weighted by atomic mass is 10.0. The van der Waals surface area contributed by atoms with Gasteiger partial charge in [-0.2, -0.15) is 4.98 Å². The molecule has 5 nitrogen and oxygen atoms in total. The van der Waals surface area contributed by atoms with Gasteiger partial charge in [-0.3, -0.25) is 4.98 Å². The Bertz CT molecular complexity index is 509. The number of rotatable bonds is 5. The predicted molar refractivity (Wildman–Crippen MR) is 69.0 cm³/mol. The van der Waals surface area contributed by atoms with Crippen LogP contribution in [0.2, 0.25) is 0 Å². The average molecular weight is 246 g/mol.